The Morgan fingerprint density at radius 2 is 1.82 bits per heavy atom. The summed E-state index contributed by atoms with van der Waals surface area (Å²) in [5, 5.41) is 10.7. The Hall–Kier alpha value is -1.57. The second-order valence-electron chi connectivity index (χ2n) is 8.08. The average molecular weight is 298 g/mol. The lowest BCUT2D eigenvalue weighted by Crippen LogP contribution is -2.43. The van der Waals surface area contributed by atoms with E-state index in [2.05, 4.69) is 46.8 Å². The number of aliphatic hydroxyl groups excluding tert-OH is 1. The van der Waals surface area contributed by atoms with Crippen LogP contribution in [0.2, 0.25) is 0 Å². The smallest absolute Gasteiger partial charge is 0.227 e. The first-order chi connectivity index (χ1) is 10.2. The summed E-state index contributed by atoms with van der Waals surface area (Å²) in [6.07, 6.45) is 3.14. The van der Waals surface area contributed by atoms with Crippen LogP contribution in [0.3, 0.4) is 0 Å². The highest BCUT2D eigenvalue weighted by atomic mass is 16.3. The van der Waals surface area contributed by atoms with Crippen molar-refractivity contribution in [1.82, 2.24) is 0 Å². The van der Waals surface area contributed by atoms with Gasteiger partial charge in [0.2, 0.25) is 5.78 Å². The summed E-state index contributed by atoms with van der Waals surface area (Å²) < 4.78 is 0. The highest BCUT2D eigenvalue weighted by Crippen LogP contribution is 2.56. The zero-order valence-electron chi connectivity index (χ0n) is 14.3. The van der Waals surface area contributed by atoms with E-state index >= 15 is 0 Å². The molecule has 1 saturated carbocycles. The highest BCUT2D eigenvalue weighted by Gasteiger charge is 2.50. The Morgan fingerprint density at radius 3 is 2.45 bits per heavy atom. The lowest BCUT2D eigenvalue weighted by atomic mass is 9.54. The zero-order valence-corrected chi connectivity index (χ0v) is 14.3. The summed E-state index contributed by atoms with van der Waals surface area (Å²) in [4.78, 5) is 12.8. The van der Waals surface area contributed by atoms with Gasteiger partial charge in [0.15, 0.2) is 5.76 Å². The molecule has 0 amide bonds. The minimum Gasteiger partial charge on any atom is -0.504 e. The zero-order chi connectivity index (χ0) is 16.3. The van der Waals surface area contributed by atoms with E-state index in [1.165, 1.54) is 0 Å². The number of hydrogen-bond acceptors (Lipinski definition) is 2. The minimum atomic E-state index is -0.218. The third-order valence-corrected chi connectivity index (χ3v) is 5.71. The van der Waals surface area contributed by atoms with E-state index in [-0.39, 0.29) is 22.4 Å². The molecule has 22 heavy (non-hydrogen) atoms. The predicted molar refractivity (Wildman–Crippen MR) is 89.5 cm³/mol. The molecule has 118 valence electrons. The van der Waals surface area contributed by atoms with E-state index in [1.807, 2.05) is 6.07 Å². The number of allylic oxidation sites excluding steroid dienone is 2. The van der Waals surface area contributed by atoms with Gasteiger partial charge in [-0.2, -0.15) is 0 Å². The number of carbonyl (C=O) groups is 1. The molecule has 2 nitrogen and oxygen atoms in total. The number of fused-ring (bicyclic) bond motifs is 3. The van der Waals surface area contributed by atoms with Crippen molar-refractivity contribution in [1.29, 1.82) is 0 Å². The Bertz CT molecular complexity index is 679. The van der Waals surface area contributed by atoms with Crippen molar-refractivity contribution in [3.63, 3.8) is 0 Å². The summed E-state index contributed by atoms with van der Waals surface area (Å²) in [6.45, 7) is 10.7. The topological polar surface area (TPSA) is 37.3 Å². The van der Waals surface area contributed by atoms with Gasteiger partial charge in [0, 0.05) is 11.0 Å². The Balaban J connectivity index is 2.27. The maximum Gasteiger partial charge on any atom is 0.227 e. The molecular weight excluding hydrogens is 272 g/mol. The number of benzene rings is 1. The van der Waals surface area contributed by atoms with Crippen LogP contribution in [-0.2, 0) is 5.41 Å². The molecule has 1 aromatic carbocycles. The van der Waals surface area contributed by atoms with Crippen LogP contribution in [-0.4, -0.2) is 10.9 Å². The largest absolute Gasteiger partial charge is 0.504 e. The minimum absolute atomic E-state index is 0.000561. The standard InChI is InChI=1S/C20H26O2/c1-12(2)13-7-8-15-14(11-13)16(21)17(22)18-19(3,4)9-6-10-20(15,18)5/h7-8,11-12,22H,6,9-10H2,1-5H3. The van der Waals surface area contributed by atoms with Gasteiger partial charge < -0.3 is 5.11 Å². The fourth-order valence-corrected chi connectivity index (χ4v) is 4.56. The number of Topliss-reactive ketones (excluding diaryl/α,β-unsaturated/α-hetero) is 1. The maximum absolute atomic E-state index is 12.8. The molecule has 1 atom stereocenters. The second-order valence-corrected chi connectivity index (χ2v) is 8.08. The molecule has 2 aliphatic carbocycles. The molecule has 0 radical (unpaired) electrons. The monoisotopic (exact) mass is 298 g/mol. The number of ketones is 1. The number of hydrogen-bond donors (Lipinski definition) is 1. The van der Waals surface area contributed by atoms with E-state index < -0.39 is 0 Å². The van der Waals surface area contributed by atoms with Crippen LogP contribution in [0.4, 0.5) is 0 Å². The lowest BCUT2D eigenvalue weighted by molar-refractivity contribution is 0.0940. The summed E-state index contributed by atoms with van der Waals surface area (Å²) in [6, 6.07) is 6.25. The highest BCUT2D eigenvalue weighted by molar-refractivity contribution is 6.11. The van der Waals surface area contributed by atoms with Gasteiger partial charge in [0.25, 0.3) is 0 Å². The van der Waals surface area contributed by atoms with Crippen molar-refractivity contribution in [3.8, 4) is 0 Å². The van der Waals surface area contributed by atoms with E-state index in [0.717, 1.165) is 36.0 Å². The Labute approximate surface area is 133 Å². The van der Waals surface area contributed by atoms with Gasteiger partial charge >= 0.3 is 0 Å². The molecule has 0 saturated heterocycles. The first-order valence-electron chi connectivity index (χ1n) is 8.32. The van der Waals surface area contributed by atoms with Crippen molar-refractivity contribution in [2.24, 2.45) is 5.41 Å². The van der Waals surface area contributed by atoms with Gasteiger partial charge in [0.1, 0.15) is 0 Å². The van der Waals surface area contributed by atoms with Crippen molar-refractivity contribution in [2.45, 2.75) is 65.2 Å². The maximum atomic E-state index is 12.8. The normalized spacial score (nSPS) is 26.9. The van der Waals surface area contributed by atoms with Gasteiger partial charge in [-0.05, 0) is 46.9 Å². The van der Waals surface area contributed by atoms with E-state index in [9.17, 15) is 9.90 Å². The number of aliphatic hydroxyl groups is 1. The van der Waals surface area contributed by atoms with Crippen LogP contribution < -0.4 is 0 Å². The van der Waals surface area contributed by atoms with Crippen LogP contribution in [0, 0.1) is 5.41 Å². The van der Waals surface area contributed by atoms with Crippen molar-refractivity contribution in [3.05, 3.63) is 46.2 Å². The fourth-order valence-electron chi connectivity index (χ4n) is 4.56. The molecule has 2 heteroatoms. The third kappa shape index (κ3) is 1.96. The summed E-state index contributed by atoms with van der Waals surface area (Å²) in [7, 11) is 0. The van der Waals surface area contributed by atoms with Gasteiger partial charge in [-0.15, -0.1) is 0 Å². The van der Waals surface area contributed by atoms with E-state index in [1.54, 1.807) is 0 Å². The van der Waals surface area contributed by atoms with Crippen molar-refractivity contribution >= 4 is 5.78 Å². The van der Waals surface area contributed by atoms with Crippen molar-refractivity contribution < 1.29 is 9.90 Å². The van der Waals surface area contributed by atoms with Crippen LogP contribution in [0.1, 0.15) is 81.3 Å². The molecule has 0 aliphatic heterocycles. The molecule has 1 fully saturated rings. The third-order valence-electron chi connectivity index (χ3n) is 5.71. The first-order valence-corrected chi connectivity index (χ1v) is 8.32. The molecular formula is C20H26O2. The number of carbonyl (C=O) groups excluding carboxylic acids is 1. The average Bonchev–Trinajstić information content (AvgIpc) is 2.43. The lowest BCUT2D eigenvalue weighted by Gasteiger charge is -2.49. The SMILES string of the molecule is CC(C)c1ccc2c(c1)C(=O)C(O)=C1C(C)(C)CCCC12C. The molecule has 1 aromatic rings. The van der Waals surface area contributed by atoms with Gasteiger partial charge in [0.05, 0.1) is 0 Å². The van der Waals surface area contributed by atoms with E-state index in [4.69, 9.17) is 0 Å². The van der Waals surface area contributed by atoms with Gasteiger partial charge in [-0.1, -0.05) is 53.2 Å². The Morgan fingerprint density at radius 1 is 1.14 bits per heavy atom. The van der Waals surface area contributed by atoms with Crippen LogP contribution >= 0.6 is 0 Å². The molecule has 0 bridgehead atoms. The predicted octanol–water partition coefficient (Wildman–Crippen LogP) is 5.29. The van der Waals surface area contributed by atoms with E-state index in [0.29, 0.717) is 11.5 Å². The van der Waals surface area contributed by atoms with Crippen LogP contribution in [0.15, 0.2) is 29.5 Å². The number of rotatable bonds is 1. The van der Waals surface area contributed by atoms with Crippen LogP contribution in [0.25, 0.3) is 0 Å². The summed E-state index contributed by atoms with van der Waals surface area (Å²) in [5.74, 6) is 0.182. The first kappa shape index (κ1) is 15.3. The quantitative estimate of drug-likeness (QED) is 0.765. The molecule has 3 rings (SSSR count). The molecule has 1 N–H and O–H groups in total. The summed E-state index contributed by atoms with van der Waals surface area (Å²) in [5.41, 5.74) is 3.56. The molecule has 0 heterocycles. The van der Waals surface area contributed by atoms with Crippen LogP contribution in [0.5, 0.6) is 0 Å². The van der Waals surface area contributed by atoms with Gasteiger partial charge in [-0.25, -0.2) is 0 Å². The fraction of sp³-hybridized carbons (Fsp3) is 0.550. The molecule has 0 spiro atoms. The van der Waals surface area contributed by atoms with Gasteiger partial charge in [-0.3, -0.25) is 4.79 Å². The molecule has 1 unspecified atom stereocenters. The Kier molecular flexibility index (Phi) is 3.28. The molecule has 0 aromatic heterocycles. The summed E-state index contributed by atoms with van der Waals surface area (Å²) >= 11 is 0. The van der Waals surface area contributed by atoms with Crippen molar-refractivity contribution in [2.75, 3.05) is 0 Å². The second kappa shape index (κ2) is 4.71. The molecule has 2 aliphatic rings.